The first-order valence-corrected chi connectivity index (χ1v) is 13.7. The Labute approximate surface area is 213 Å². The molecule has 0 bridgehead atoms. The average molecular weight is 503 g/mol. The summed E-state index contributed by atoms with van der Waals surface area (Å²) in [5, 5.41) is 0. The molecule has 2 aliphatic carbocycles. The molecule has 0 saturated heterocycles. The van der Waals surface area contributed by atoms with Crippen LogP contribution in [-0.4, -0.2) is 3.81 Å². The number of allylic oxidation sites excluding steroid dienone is 4. The molecule has 0 heterocycles. The van der Waals surface area contributed by atoms with Gasteiger partial charge < -0.3 is 24.8 Å². The zero-order valence-corrected chi connectivity index (χ0v) is 23.9. The summed E-state index contributed by atoms with van der Waals surface area (Å²) in [4.78, 5) is 0. The van der Waals surface area contributed by atoms with Gasteiger partial charge in [0.15, 0.2) is 0 Å². The van der Waals surface area contributed by atoms with E-state index in [1.165, 1.54) is 27.8 Å². The van der Waals surface area contributed by atoms with Crippen LogP contribution >= 0.6 is 0 Å². The normalized spacial score (nSPS) is 13.9. The average Bonchev–Trinajstić information content (AvgIpc) is 3.27. The summed E-state index contributed by atoms with van der Waals surface area (Å²) >= 11 is -1.67. The minimum absolute atomic E-state index is 0. The number of rotatable bonds is 2. The predicted molar refractivity (Wildman–Crippen MR) is 130 cm³/mol. The van der Waals surface area contributed by atoms with E-state index in [-0.39, 0.29) is 35.6 Å². The van der Waals surface area contributed by atoms with Gasteiger partial charge in [0.1, 0.15) is 0 Å². The van der Waals surface area contributed by atoms with E-state index in [1.807, 2.05) is 0 Å². The van der Waals surface area contributed by atoms with Crippen molar-refractivity contribution in [1.29, 1.82) is 0 Å². The quantitative estimate of drug-likeness (QED) is 0.461. The Morgan fingerprint density at radius 2 is 1.44 bits per heavy atom. The first-order chi connectivity index (χ1) is 14.0. The van der Waals surface area contributed by atoms with Crippen LogP contribution in [0.3, 0.4) is 0 Å². The number of halogens is 2. The molecule has 0 nitrogen and oxygen atoms in total. The van der Waals surface area contributed by atoms with Crippen LogP contribution in [0.25, 0.3) is 11.1 Å². The maximum atomic E-state index is 2.59. The smallest absolute Gasteiger partial charge is 1.00 e. The van der Waals surface area contributed by atoms with Crippen molar-refractivity contribution in [1.82, 2.24) is 0 Å². The molecule has 4 rings (SSSR count). The van der Waals surface area contributed by atoms with Crippen molar-refractivity contribution in [3.05, 3.63) is 74.7 Å². The second-order valence-electron chi connectivity index (χ2n) is 11.3. The Balaban J connectivity index is 0.00000181. The van der Waals surface area contributed by atoms with E-state index in [2.05, 4.69) is 104 Å². The van der Waals surface area contributed by atoms with Crippen molar-refractivity contribution in [2.75, 3.05) is 0 Å². The van der Waals surface area contributed by atoms with Crippen molar-refractivity contribution in [3.63, 3.8) is 0 Å². The Bertz CT molecular complexity index is 1120. The zero-order chi connectivity index (χ0) is 21.8. The predicted octanol–water partition coefficient (Wildman–Crippen LogP) is 1.16. The minimum atomic E-state index is -1.67. The van der Waals surface area contributed by atoms with Crippen LogP contribution < -0.4 is 28.7 Å². The largest absolute Gasteiger partial charge is 1.00 e. The SMILES string of the molecule is C[C](C)=[Ti+2]([C]1=CC=CC1)[c]1cc(C(C)(C)C)cc2c1Cc1ccc(C(C)(C)C)cc1-2.[Cl-].[Cl-]. The van der Waals surface area contributed by atoms with Gasteiger partial charge in [0, 0.05) is 0 Å². The van der Waals surface area contributed by atoms with Gasteiger partial charge in [-0.2, -0.15) is 0 Å². The van der Waals surface area contributed by atoms with Crippen LogP contribution in [0.4, 0.5) is 0 Å². The summed E-state index contributed by atoms with van der Waals surface area (Å²) in [5.74, 6) is 0. The van der Waals surface area contributed by atoms with E-state index < -0.39 is 17.4 Å². The van der Waals surface area contributed by atoms with E-state index in [9.17, 15) is 0 Å². The Hall–Kier alpha value is -0.916. The molecule has 32 heavy (non-hydrogen) atoms. The molecule has 2 aliphatic rings. The summed E-state index contributed by atoms with van der Waals surface area (Å²) in [5.41, 5.74) is 9.38. The summed E-state index contributed by atoms with van der Waals surface area (Å²) < 4.78 is 5.06. The van der Waals surface area contributed by atoms with Crippen molar-refractivity contribution in [3.8, 4) is 11.1 Å². The van der Waals surface area contributed by atoms with Crippen LogP contribution in [0.2, 0.25) is 0 Å². The third-order valence-electron chi connectivity index (χ3n) is 6.61. The first kappa shape index (κ1) is 27.3. The standard InChI is InChI=1S/C21H25.C5H5.C3H6.2ClH.Ti/c1-20(2,3)16-9-7-14-11-15-8-10-17(21(4,5)6)13-19(15)18(14)12-16;1-2-4-5-3-1;1-3-2;;;/h7,9-10,12-13H,11H2,1-6H3;1-3H,4H2;1-2H3;2*1H;/q;;;;;+2/p-2. The van der Waals surface area contributed by atoms with Gasteiger partial charge in [0.2, 0.25) is 0 Å². The maximum absolute atomic E-state index is 2.59. The van der Waals surface area contributed by atoms with E-state index >= 15 is 0 Å². The van der Waals surface area contributed by atoms with E-state index in [0.717, 1.165) is 12.8 Å². The van der Waals surface area contributed by atoms with E-state index in [1.54, 1.807) is 17.1 Å². The van der Waals surface area contributed by atoms with Gasteiger partial charge in [-0.3, -0.25) is 0 Å². The molecule has 0 N–H and O–H groups in total. The minimum Gasteiger partial charge on any atom is -1.00 e. The fourth-order valence-electron chi connectivity index (χ4n) is 4.79. The topological polar surface area (TPSA) is 0 Å². The maximum Gasteiger partial charge on any atom is -1.00 e. The Morgan fingerprint density at radius 3 is 1.97 bits per heavy atom. The molecule has 0 saturated carbocycles. The molecule has 0 spiro atoms. The van der Waals surface area contributed by atoms with Gasteiger partial charge in [-0.05, 0) is 0 Å². The summed E-state index contributed by atoms with van der Waals surface area (Å²) in [6.07, 6.45) is 9.26. The number of fused-ring (bicyclic) bond motifs is 3. The third kappa shape index (κ3) is 5.10. The molecule has 170 valence electrons. The van der Waals surface area contributed by atoms with Crippen LogP contribution in [0.1, 0.15) is 84.1 Å². The second kappa shape index (κ2) is 9.75. The molecule has 0 aliphatic heterocycles. The van der Waals surface area contributed by atoms with Crippen LogP contribution in [0.5, 0.6) is 0 Å². The van der Waals surface area contributed by atoms with Gasteiger partial charge in [0.25, 0.3) is 0 Å². The molecular formula is C29H36Cl2Ti. The Morgan fingerprint density at radius 1 is 0.812 bits per heavy atom. The molecule has 0 unspecified atom stereocenters. The van der Waals surface area contributed by atoms with Crippen molar-refractivity contribution in [2.24, 2.45) is 0 Å². The molecule has 3 heteroatoms. The molecular weight excluding hydrogens is 467 g/mol. The third-order valence-corrected chi connectivity index (χ3v) is 11.3. The molecule has 0 radical (unpaired) electrons. The van der Waals surface area contributed by atoms with Gasteiger partial charge in [-0.1, -0.05) is 0 Å². The van der Waals surface area contributed by atoms with Gasteiger partial charge in [-0.15, -0.1) is 0 Å². The molecule has 0 atom stereocenters. The second-order valence-corrected chi connectivity index (χ2v) is 15.9. The number of hydrogen-bond acceptors (Lipinski definition) is 0. The molecule has 2 aromatic carbocycles. The van der Waals surface area contributed by atoms with Crippen molar-refractivity contribution >= 4 is 7.68 Å². The zero-order valence-electron chi connectivity index (χ0n) is 20.8. The molecule has 0 aromatic heterocycles. The molecule has 2 aromatic rings. The van der Waals surface area contributed by atoms with Crippen LogP contribution in [-0.2, 0) is 34.7 Å². The van der Waals surface area contributed by atoms with E-state index in [0.29, 0.717) is 0 Å². The molecule has 0 amide bonds. The monoisotopic (exact) mass is 502 g/mol. The summed E-state index contributed by atoms with van der Waals surface area (Å²) in [6.45, 7) is 18.8. The number of hydrogen-bond donors (Lipinski definition) is 0. The Kier molecular flexibility index (Phi) is 8.33. The van der Waals surface area contributed by atoms with Gasteiger partial charge in [0.05, 0.1) is 0 Å². The van der Waals surface area contributed by atoms with Crippen molar-refractivity contribution in [2.45, 2.75) is 79.1 Å². The fourth-order valence-corrected chi connectivity index (χ4v) is 9.38. The van der Waals surface area contributed by atoms with E-state index in [4.69, 9.17) is 0 Å². The summed E-state index contributed by atoms with van der Waals surface area (Å²) in [7, 11) is 0. The van der Waals surface area contributed by atoms with Crippen LogP contribution in [0.15, 0.2) is 52.4 Å². The van der Waals surface area contributed by atoms with Gasteiger partial charge in [-0.25, -0.2) is 0 Å². The van der Waals surface area contributed by atoms with Crippen LogP contribution in [0, 0.1) is 0 Å². The molecule has 0 fully saturated rings. The van der Waals surface area contributed by atoms with Gasteiger partial charge >= 0.3 is 190 Å². The number of benzene rings is 2. The van der Waals surface area contributed by atoms with Crippen molar-refractivity contribution < 1.29 is 42.2 Å². The first-order valence-electron chi connectivity index (χ1n) is 11.3. The summed E-state index contributed by atoms with van der Waals surface area (Å²) in [6, 6.07) is 12.3. The fraction of sp³-hybridized carbons (Fsp3) is 0.414.